The number of rotatable bonds is 5. The third-order valence-electron chi connectivity index (χ3n) is 4.89. The number of aliphatic hydroxyl groups is 1. The highest BCUT2D eigenvalue weighted by molar-refractivity contribution is 5.92. The lowest BCUT2D eigenvalue weighted by atomic mass is 10.1. The monoisotopic (exact) mass is 388 g/mol. The molecule has 146 valence electrons. The number of hydrogen-bond acceptors (Lipinski definition) is 4. The third-order valence-corrected chi connectivity index (χ3v) is 4.89. The van der Waals surface area contributed by atoms with Crippen molar-refractivity contribution in [2.75, 3.05) is 11.9 Å². The fraction of sp³-hybridized carbons (Fsp3) is 0.136. The van der Waals surface area contributed by atoms with Gasteiger partial charge in [-0.3, -0.25) is 9.59 Å². The minimum Gasteiger partial charge on any atom is -0.392 e. The van der Waals surface area contributed by atoms with Gasteiger partial charge in [0.1, 0.15) is 12.1 Å². The van der Waals surface area contributed by atoms with Crippen molar-refractivity contribution in [1.29, 1.82) is 0 Å². The van der Waals surface area contributed by atoms with Gasteiger partial charge in [0.15, 0.2) is 0 Å². The summed E-state index contributed by atoms with van der Waals surface area (Å²) in [6.07, 6.45) is 3.16. The zero-order chi connectivity index (χ0) is 20.4. The van der Waals surface area contributed by atoms with Crippen molar-refractivity contribution in [3.05, 3.63) is 89.0 Å². The SMILES string of the molecule is CN(C(=O)Cn1ccn2nc(-c3ccccc3)c(CO)c2c1=O)c1ccccc1. The Kier molecular flexibility index (Phi) is 4.97. The van der Waals surface area contributed by atoms with Gasteiger partial charge in [-0.25, -0.2) is 4.52 Å². The fourth-order valence-corrected chi connectivity index (χ4v) is 3.30. The van der Waals surface area contributed by atoms with Gasteiger partial charge in [-0.05, 0) is 12.1 Å². The highest BCUT2D eigenvalue weighted by Gasteiger charge is 2.19. The molecule has 0 spiro atoms. The number of carbonyl (C=O) groups excluding carboxylic acids is 1. The van der Waals surface area contributed by atoms with Crippen molar-refractivity contribution in [2.24, 2.45) is 0 Å². The maximum absolute atomic E-state index is 13.1. The predicted octanol–water partition coefficient (Wildman–Crippen LogP) is 2.32. The van der Waals surface area contributed by atoms with Crippen LogP contribution in [-0.4, -0.2) is 32.2 Å². The van der Waals surface area contributed by atoms with Crippen LogP contribution in [-0.2, 0) is 17.9 Å². The largest absolute Gasteiger partial charge is 0.392 e. The minimum atomic E-state index is -0.374. The molecular weight excluding hydrogens is 368 g/mol. The molecule has 0 radical (unpaired) electrons. The molecule has 4 aromatic rings. The molecule has 0 aliphatic carbocycles. The lowest BCUT2D eigenvalue weighted by Gasteiger charge is -2.18. The van der Waals surface area contributed by atoms with Gasteiger partial charge >= 0.3 is 0 Å². The zero-order valence-electron chi connectivity index (χ0n) is 15.9. The lowest BCUT2D eigenvalue weighted by Crippen LogP contribution is -2.34. The second-order valence-corrected chi connectivity index (χ2v) is 6.66. The smallest absolute Gasteiger partial charge is 0.277 e. The Bertz CT molecular complexity index is 1210. The number of para-hydroxylation sites is 1. The van der Waals surface area contributed by atoms with E-state index in [4.69, 9.17) is 0 Å². The number of likely N-dealkylation sites (N-methyl/N-ethyl adjacent to an activating group) is 1. The lowest BCUT2D eigenvalue weighted by molar-refractivity contribution is -0.118. The third kappa shape index (κ3) is 3.43. The van der Waals surface area contributed by atoms with E-state index in [0.717, 1.165) is 11.3 Å². The molecule has 4 rings (SSSR count). The van der Waals surface area contributed by atoms with Crippen LogP contribution in [0.25, 0.3) is 16.8 Å². The number of fused-ring (bicyclic) bond motifs is 1. The van der Waals surface area contributed by atoms with E-state index in [1.54, 1.807) is 13.2 Å². The van der Waals surface area contributed by atoms with E-state index >= 15 is 0 Å². The summed E-state index contributed by atoms with van der Waals surface area (Å²) in [5, 5.41) is 14.4. The van der Waals surface area contributed by atoms with E-state index in [2.05, 4.69) is 5.10 Å². The first kappa shape index (κ1) is 18.6. The molecule has 0 saturated carbocycles. The van der Waals surface area contributed by atoms with Crippen LogP contribution in [0, 0.1) is 0 Å². The quantitative estimate of drug-likeness (QED) is 0.569. The number of aliphatic hydroxyl groups excluding tert-OH is 1. The van der Waals surface area contributed by atoms with Crippen molar-refractivity contribution in [2.45, 2.75) is 13.2 Å². The van der Waals surface area contributed by atoms with Gasteiger partial charge in [0, 0.05) is 36.3 Å². The Morgan fingerprint density at radius 1 is 1.03 bits per heavy atom. The zero-order valence-corrected chi connectivity index (χ0v) is 15.9. The molecule has 0 unspecified atom stereocenters. The van der Waals surface area contributed by atoms with Gasteiger partial charge in [-0.1, -0.05) is 48.5 Å². The number of amides is 1. The van der Waals surface area contributed by atoms with Crippen LogP contribution in [0.2, 0.25) is 0 Å². The van der Waals surface area contributed by atoms with Gasteiger partial charge in [-0.15, -0.1) is 0 Å². The molecule has 0 bridgehead atoms. The van der Waals surface area contributed by atoms with E-state index in [0.29, 0.717) is 11.3 Å². The minimum absolute atomic E-state index is 0.114. The van der Waals surface area contributed by atoms with Gasteiger partial charge in [0.2, 0.25) is 5.91 Å². The Balaban J connectivity index is 1.73. The molecule has 7 nitrogen and oxygen atoms in total. The highest BCUT2D eigenvalue weighted by atomic mass is 16.3. The molecule has 7 heteroatoms. The van der Waals surface area contributed by atoms with Crippen LogP contribution in [0.4, 0.5) is 5.69 Å². The summed E-state index contributed by atoms with van der Waals surface area (Å²) < 4.78 is 2.80. The van der Waals surface area contributed by atoms with Crippen molar-refractivity contribution >= 4 is 17.1 Å². The van der Waals surface area contributed by atoms with Gasteiger partial charge in [0.25, 0.3) is 5.56 Å². The number of carbonyl (C=O) groups is 1. The molecular formula is C22H20N4O3. The standard InChI is InChI=1S/C22H20N4O3/c1-24(17-10-6-3-7-11-17)19(28)14-25-12-13-26-21(22(25)29)18(15-27)20(23-26)16-8-4-2-5-9-16/h2-13,27H,14-15H2,1H3. The van der Waals surface area contributed by atoms with Crippen LogP contribution in [0.5, 0.6) is 0 Å². The first-order chi connectivity index (χ1) is 14.1. The van der Waals surface area contributed by atoms with E-state index in [9.17, 15) is 14.7 Å². The summed E-state index contributed by atoms with van der Waals surface area (Å²) >= 11 is 0. The molecule has 0 atom stereocenters. The van der Waals surface area contributed by atoms with Crippen molar-refractivity contribution in [3.63, 3.8) is 0 Å². The molecule has 2 heterocycles. The maximum Gasteiger partial charge on any atom is 0.277 e. The molecule has 2 aromatic heterocycles. The Morgan fingerprint density at radius 3 is 2.34 bits per heavy atom. The van der Waals surface area contributed by atoms with Crippen molar-refractivity contribution < 1.29 is 9.90 Å². The number of hydrogen-bond donors (Lipinski definition) is 1. The summed E-state index contributed by atoms with van der Waals surface area (Å²) in [7, 11) is 1.67. The topological polar surface area (TPSA) is 79.8 Å². The Morgan fingerprint density at radius 2 is 1.69 bits per heavy atom. The molecule has 0 aliphatic rings. The van der Waals surface area contributed by atoms with Crippen LogP contribution in [0.1, 0.15) is 5.56 Å². The van der Waals surface area contributed by atoms with E-state index < -0.39 is 0 Å². The molecule has 0 saturated heterocycles. The van der Waals surface area contributed by atoms with Crippen molar-refractivity contribution in [3.8, 4) is 11.3 Å². The molecule has 29 heavy (non-hydrogen) atoms. The fourth-order valence-electron chi connectivity index (χ4n) is 3.30. The number of anilines is 1. The van der Waals surface area contributed by atoms with Crippen LogP contribution in [0.3, 0.4) is 0 Å². The Hall–Kier alpha value is -3.71. The average molecular weight is 388 g/mol. The summed E-state index contributed by atoms with van der Waals surface area (Å²) in [6, 6.07) is 18.6. The molecule has 1 amide bonds. The molecule has 0 fully saturated rings. The van der Waals surface area contributed by atoms with Crippen molar-refractivity contribution in [1.82, 2.24) is 14.2 Å². The summed E-state index contributed by atoms with van der Waals surface area (Å²) in [6.45, 7) is -0.442. The predicted molar refractivity (Wildman–Crippen MR) is 111 cm³/mol. The van der Waals surface area contributed by atoms with E-state index in [-0.39, 0.29) is 30.1 Å². The number of benzene rings is 2. The van der Waals surface area contributed by atoms with Crippen LogP contribution in [0.15, 0.2) is 77.9 Å². The highest BCUT2D eigenvalue weighted by Crippen LogP contribution is 2.24. The summed E-state index contributed by atoms with van der Waals surface area (Å²) in [5.41, 5.74) is 2.45. The number of nitrogens with zero attached hydrogens (tertiary/aromatic N) is 4. The second-order valence-electron chi connectivity index (χ2n) is 6.66. The second kappa shape index (κ2) is 7.73. The normalized spacial score (nSPS) is 11.0. The van der Waals surface area contributed by atoms with E-state index in [1.807, 2.05) is 60.7 Å². The van der Waals surface area contributed by atoms with Crippen LogP contribution >= 0.6 is 0 Å². The number of aromatic nitrogens is 3. The Labute approximate surface area is 167 Å². The van der Waals surface area contributed by atoms with Crippen LogP contribution < -0.4 is 10.5 Å². The molecule has 2 aromatic carbocycles. The first-order valence-corrected chi connectivity index (χ1v) is 9.18. The first-order valence-electron chi connectivity index (χ1n) is 9.18. The van der Waals surface area contributed by atoms with Gasteiger partial charge < -0.3 is 14.6 Å². The molecule has 1 N–H and O–H groups in total. The summed E-state index contributed by atoms with van der Waals surface area (Å²) in [5.74, 6) is -0.226. The molecule has 0 aliphatic heterocycles. The maximum atomic E-state index is 13.1. The average Bonchev–Trinajstić information content (AvgIpc) is 3.15. The summed E-state index contributed by atoms with van der Waals surface area (Å²) in [4.78, 5) is 27.3. The van der Waals surface area contributed by atoms with Gasteiger partial charge in [0.05, 0.1) is 12.3 Å². The van der Waals surface area contributed by atoms with E-state index in [1.165, 1.54) is 20.2 Å². The van der Waals surface area contributed by atoms with Gasteiger partial charge in [-0.2, -0.15) is 5.10 Å².